The van der Waals surface area contributed by atoms with E-state index in [-0.39, 0.29) is 6.61 Å². The lowest BCUT2D eigenvalue weighted by molar-refractivity contribution is -0.174. The number of amides is 1. The van der Waals surface area contributed by atoms with Crippen molar-refractivity contribution in [1.29, 1.82) is 0 Å². The van der Waals surface area contributed by atoms with Crippen LogP contribution in [-0.2, 0) is 14.3 Å². The van der Waals surface area contributed by atoms with Gasteiger partial charge in [-0.2, -0.15) is 13.2 Å². The Morgan fingerprint density at radius 3 is 2.62 bits per heavy atom. The molecule has 0 saturated carbocycles. The van der Waals surface area contributed by atoms with Crippen molar-refractivity contribution in [3.05, 3.63) is 16.5 Å². The van der Waals surface area contributed by atoms with E-state index in [9.17, 15) is 22.8 Å². The average molecular weight is 325 g/mol. The fraction of sp³-hybridized carbons (Fsp3) is 0.500. The van der Waals surface area contributed by atoms with Crippen LogP contribution in [0.15, 0.2) is 6.07 Å². The minimum absolute atomic E-state index is 0.225. The molecule has 0 aliphatic rings. The van der Waals surface area contributed by atoms with Gasteiger partial charge in [0.05, 0.1) is 11.6 Å². The monoisotopic (exact) mass is 325 g/mol. The van der Waals surface area contributed by atoms with E-state index in [0.717, 1.165) is 11.3 Å². The number of carbonyl (C=O) groups is 2. The summed E-state index contributed by atoms with van der Waals surface area (Å²) >= 11 is 0.991. The molecule has 21 heavy (non-hydrogen) atoms. The van der Waals surface area contributed by atoms with Crippen LogP contribution in [0.3, 0.4) is 0 Å². The van der Waals surface area contributed by atoms with Crippen molar-refractivity contribution in [3.63, 3.8) is 0 Å². The third kappa shape index (κ3) is 6.13. The number of anilines is 1. The van der Waals surface area contributed by atoms with Crippen molar-refractivity contribution in [2.24, 2.45) is 0 Å². The molecule has 1 aromatic rings. The van der Waals surface area contributed by atoms with Gasteiger partial charge in [0, 0.05) is 0 Å². The lowest BCUT2D eigenvalue weighted by Gasteiger charge is -2.07. The van der Waals surface area contributed by atoms with Crippen molar-refractivity contribution in [3.8, 4) is 0 Å². The highest BCUT2D eigenvalue weighted by atomic mass is 32.1. The van der Waals surface area contributed by atoms with Gasteiger partial charge in [0.15, 0.2) is 0 Å². The molecule has 1 heterocycles. The average Bonchev–Trinajstić information content (AvgIpc) is 2.68. The molecular weight excluding hydrogens is 311 g/mol. The molecule has 0 bridgehead atoms. The number of hydrogen-bond donors (Lipinski definition) is 1. The van der Waals surface area contributed by atoms with E-state index in [0.29, 0.717) is 15.4 Å². The van der Waals surface area contributed by atoms with Crippen molar-refractivity contribution in [2.75, 3.05) is 25.1 Å². The van der Waals surface area contributed by atoms with Crippen LogP contribution in [0, 0.1) is 6.92 Å². The van der Waals surface area contributed by atoms with Gasteiger partial charge in [0.1, 0.15) is 18.1 Å². The first-order chi connectivity index (χ1) is 9.73. The van der Waals surface area contributed by atoms with Crippen molar-refractivity contribution in [2.45, 2.75) is 20.0 Å². The van der Waals surface area contributed by atoms with E-state index in [1.165, 1.54) is 0 Å². The Kier molecular flexibility index (Phi) is 6.16. The highest BCUT2D eigenvalue weighted by Gasteiger charge is 2.27. The van der Waals surface area contributed by atoms with Crippen molar-refractivity contribution >= 4 is 28.2 Å². The zero-order chi connectivity index (χ0) is 16.0. The normalized spacial score (nSPS) is 11.3. The smallest absolute Gasteiger partial charge is 0.411 e. The van der Waals surface area contributed by atoms with Crippen LogP contribution in [-0.4, -0.2) is 37.9 Å². The fourth-order valence-corrected chi connectivity index (χ4v) is 2.36. The van der Waals surface area contributed by atoms with Crippen molar-refractivity contribution in [1.82, 2.24) is 0 Å². The Labute approximate surface area is 123 Å². The molecule has 0 spiro atoms. The zero-order valence-corrected chi connectivity index (χ0v) is 12.2. The van der Waals surface area contributed by atoms with Gasteiger partial charge >= 0.3 is 12.1 Å². The number of nitrogens with one attached hydrogen (secondary N) is 1. The number of esters is 1. The molecule has 5 nitrogen and oxygen atoms in total. The summed E-state index contributed by atoms with van der Waals surface area (Å²) in [4.78, 5) is 23.3. The maximum absolute atomic E-state index is 11.8. The SMILES string of the molecule is CCOC(=O)c1sc(NC(=O)COCC(F)(F)F)cc1C. The minimum atomic E-state index is -4.48. The van der Waals surface area contributed by atoms with Gasteiger partial charge in [0.25, 0.3) is 5.91 Å². The highest BCUT2D eigenvalue weighted by Crippen LogP contribution is 2.27. The second-order valence-electron chi connectivity index (χ2n) is 4.00. The summed E-state index contributed by atoms with van der Waals surface area (Å²) in [5.74, 6) is -1.23. The highest BCUT2D eigenvalue weighted by molar-refractivity contribution is 7.18. The van der Waals surface area contributed by atoms with Gasteiger partial charge in [-0.25, -0.2) is 4.79 Å². The van der Waals surface area contributed by atoms with E-state index < -0.39 is 31.3 Å². The lowest BCUT2D eigenvalue weighted by atomic mass is 10.3. The van der Waals surface area contributed by atoms with Gasteiger partial charge in [-0.3, -0.25) is 4.79 Å². The summed E-state index contributed by atoms with van der Waals surface area (Å²) < 4.78 is 44.6. The van der Waals surface area contributed by atoms with Gasteiger partial charge < -0.3 is 14.8 Å². The number of rotatable bonds is 6. The summed E-state index contributed by atoms with van der Waals surface area (Å²) in [6, 6.07) is 1.54. The lowest BCUT2D eigenvalue weighted by Crippen LogP contribution is -2.23. The molecule has 0 radical (unpaired) electrons. The third-order valence-electron chi connectivity index (χ3n) is 2.14. The predicted octanol–water partition coefficient (Wildman–Crippen LogP) is 2.75. The first-order valence-electron chi connectivity index (χ1n) is 5.95. The molecule has 1 rings (SSSR count). The number of hydrogen-bond acceptors (Lipinski definition) is 5. The second kappa shape index (κ2) is 7.41. The molecule has 0 fully saturated rings. The summed E-state index contributed by atoms with van der Waals surface area (Å²) in [5.41, 5.74) is 0.616. The molecule has 1 amide bonds. The summed E-state index contributed by atoms with van der Waals surface area (Å²) in [6.07, 6.45) is -4.48. The van der Waals surface area contributed by atoms with Crippen molar-refractivity contribution < 1.29 is 32.2 Å². The van der Waals surface area contributed by atoms with E-state index in [4.69, 9.17) is 4.74 Å². The van der Waals surface area contributed by atoms with Crippen LogP contribution in [0.2, 0.25) is 0 Å². The third-order valence-corrected chi connectivity index (χ3v) is 3.27. The summed E-state index contributed by atoms with van der Waals surface area (Å²) in [7, 11) is 0. The molecule has 0 aromatic carbocycles. The minimum Gasteiger partial charge on any atom is -0.462 e. The van der Waals surface area contributed by atoms with Gasteiger partial charge in [0.2, 0.25) is 0 Å². The number of aryl methyl sites for hydroxylation is 1. The van der Waals surface area contributed by atoms with Crippen LogP contribution in [0.25, 0.3) is 0 Å². The molecule has 0 saturated heterocycles. The van der Waals surface area contributed by atoms with Crippen LogP contribution in [0.5, 0.6) is 0 Å². The van der Waals surface area contributed by atoms with Gasteiger partial charge in [-0.1, -0.05) is 0 Å². The maximum atomic E-state index is 11.8. The topological polar surface area (TPSA) is 64.6 Å². The van der Waals surface area contributed by atoms with E-state index in [1.807, 2.05) is 0 Å². The number of halogens is 3. The van der Waals surface area contributed by atoms with Crippen LogP contribution >= 0.6 is 11.3 Å². The Balaban J connectivity index is 2.53. The molecule has 0 atom stereocenters. The summed E-state index contributed by atoms with van der Waals surface area (Å²) in [6.45, 7) is 1.35. The largest absolute Gasteiger partial charge is 0.462 e. The maximum Gasteiger partial charge on any atom is 0.411 e. The van der Waals surface area contributed by atoms with Crippen LogP contribution < -0.4 is 5.32 Å². The van der Waals surface area contributed by atoms with E-state index in [2.05, 4.69) is 10.1 Å². The van der Waals surface area contributed by atoms with Gasteiger partial charge in [-0.15, -0.1) is 11.3 Å². The molecule has 0 aliphatic carbocycles. The number of ether oxygens (including phenoxy) is 2. The molecule has 118 valence electrons. The predicted molar refractivity (Wildman–Crippen MR) is 70.5 cm³/mol. The van der Waals surface area contributed by atoms with Crippen LogP contribution in [0.4, 0.5) is 18.2 Å². The number of thiophene rings is 1. The zero-order valence-electron chi connectivity index (χ0n) is 11.4. The Bertz CT molecular complexity index is 513. The Morgan fingerprint density at radius 1 is 1.38 bits per heavy atom. The van der Waals surface area contributed by atoms with E-state index >= 15 is 0 Å². The first-order valence-corrected chi connectivity index (χ1v) is 6.76. The van der Waals surface area contributed by atoms with E-state index in [1.54, 1.807) is 19.9 Å². The number of carbonyl (C=O) groups excluding carboxylic acids is 2. The fourth-order valence-electron chi connectivity index (χ4n) is 1.38. The Morgan fingerprint density at radius 2 is 2.05 bits per heavy atom. The molecule has 9 heteroatoms. The van der Waals surface area contributed by atoms with Gasteiger partial charge in [-0.05, 0) is 25.5 Å². The second-order valence-corrected chi connectivity index (χ2v) is 5.05. The first kappa shape index (κ1) is 17.4. The molecule has 0 aliphatic heterocycles. The molecule has 0 unspecified atom stereocenters. The van der Waals surface area contributed by atoms with Crippen LogP contribution in [0.1, 0.15) is 22.2 Å². The molecular formula is C12H14F3NO4S. The molecule has 1 aromatic heterocycles. The standard InChI is InChI=1S/C12H14F3NO4S/c1-3-20-11(18)10-7(2)4-9(21-10)16-8(17)5-19-6-12(13,14)15/h4H,3,5-6H2,1-2H3,(H,16,17). The molecule has 1 N–H and O–H groups in total. The summed E-state index contributed by atoms with van der Waals surface area (Å²) in [5, 5.41) is 2.71. The Hall–Kier alpha value is -1.61. The number of alkyl halides is 3. The quantitative estimate of drug-likeness (QED) is 0.817.